The van der Waals surface area contributed by atoms with E-state index in [2.05, 4.69) is 30.9 Å². The molecule has 30 heavy (non-hydrogen) atoms. The zero-order chi connectivity index (χ0) is 21.1. The van der Waals surface area contributed by atoms with Gasteiger partial charge in [0, 0.05) is 13.1 Å². The summed E-state index contributed by atoms with van der Waals surface area (Å²) in [7, 11) is 0. The Balaban J connectivity index is 1.40. The minimum Gasteiger partial charge on any atom is -0.393 e. The first-order valence-corrected chi connectivity index (χ1v) is 12.5. The summed E-state index contributed by atoms with van der Waals surface area (Å²) in [4.78, 5) is 2.58. The third-order valence-electron chi connectivity index (χ3n) is 8.80. The highest BCUT2D eigenvalue weighted by Gasteiger charge is 2.50. The van der Waals surface area contributed by atoms with E-state index >= 15 is 0 Å². The molecule has 3 saturated carbocycles. The van der Waals surface area contributed by atoms with Gasteiger partial charge in [-0.05, 0) is 87.5 Å². The number of ether oxygens (including phenoxy) is 1. The molecular weight excluding hydrogens is 374 g/mol. The number of aliphatic hydroxyl groups is 2. The van der Waals surface area contributed by atoms with Gasteiger partial charge in [0.15, 0.2) is 0 Å². The number of rotatable bonds is 5. The van der Waals surface area contributed by atoms with Gasteiger partial charge in [0.05, 0.1) is 25.4 Å². The van der Waals surface area contributed by atoms with Crippen LogP contribution in [-0.2, 0) is 4.74 Å². The molecule has 0 amide bonds. The van der Waals surface area contributed by atoms with Gasteiger partial charge in [-0.2, -0.15) is 0 Å². The molecule has 3 aliphatic carbocycles. The lowest BCUT2D eigenvalue weighted by atomic mass is 9.61. The van der Waals surface area contributed by atoms with E-state index in [1.165, 1.54) is 50.6 Å². The smallest absolute Gasteiger partial charge is 0.0602 e. The zero-order valence-electron chi connectivity index (χ0n) is 19.2. The monoisotopic (exact) mass is 417 g/mol. The van der Waals surface area contributed by atoms with Crippen molar-refractivity contribution >= 4 is 0 Å². The highest BCUT2D eigenvalue weighted by molar-refractivity contribution is 5.26. The normalized spacial score (nSPS) is 40.4. The lowest BCUT2D eigenvalue weighted by Gasteiger charge is -2.44. The van der Waals surface area contributed by atoms with Gasteiger partial charge in [0.1, 0.15) is 0 Å². The van der Waals surface area contributed by atoms with Gasteiger partial charge < -0.3 is 14.9 Å². The standard InChI is InChI=1S/C26H43NO3/c1-19(9-11-27-12-14-30-15-13-27)24-7-8-25-21(4-3-10-26(24,25)2)6-5-20-16-22(28)18-23(29)17-20/h5-6,19,22-25,28-29H,3-4,7-18H2,1-2H3/b21-6+/t19-,22-,23-,24-,25+,26-/m1/s1. The molecule has 0 aromatic rings. The number of aliphatic hydroxyl groups excluding tert-OH is 2. The minimum atomic E-state index is -0.377. The fourth-order valence-electron chi connectivity index (χ4n) is 7.16. The van der Waals surface area contributed by atoms with E-state index in [0.717, 1.165) is 56.9 Å². The SMILES string of the molecule is C[C@H](CCN1CCOCC1)[C@H]1CC[C@H]2/C(=C/C=C3C[C@@H](O)C[C@H](O)C3)CCC[C@]12C. The molecule has 0 unspecified atom stereocenters. The number of hydrogen-bond acceptors (Lipinski definition) is 4. The van der Waals surface area contributed by atoms with Crippen molar-refractivity contribution in [2.24, 2.45) is 23.2 Å². The maximum Gasteiger partial charge on any atom is 0.0602 e. The maximum absolute atomic E-state index is 9.99. The molecule has 0 spiro atoms. The summed E-state index contributed by atoms with van der Waals surface area (Å²) in [6, 6.07) is 0. The molecule has 4 heteroatoms. The summed E-state index contributed by atoms with van der Waals surface area (Å²) in [6.07, 6.45) is 13.8. The average Bonchev–Trinajstić information content (AvgIpc) is 3.08. The molecule has 1 saturated heterocycles. The summed E-state index contributed by atoms with van der Waals surface area (Å²) in [5, 5.41) is 20.0. The summed E-state index contributed by atoms with van der Waals surface area (Å²) >= 11 is 0. The van der Waals surface area contributed by atoms with E-state index in [4.69, 9.17) is 4.74 Å². The Morgan fingerprint density at radius 2 is 1.87 bits per heavy atom. The minimum absolute atomic E-state index is 0.377. The molecule has 6 atom stereocenters. The van der Waals surface area contributed by atoms with Crippen LogP contribution in [0, 0.1) is 23.2 Å². The maximum atomic E-state index is 9.99. The molecule has 1 aliphatic heterocycles. The largest absolute Gasteiger partial charge is 0.393 e. The average molecular weight is 418 g/mol. The molecule has 0 radical (unpaired) electrons. The Morgan fingerprint density at radius 1 is 1.13 bits per heavy atom. The predicted octanol–water partition coefficient (Wildman–Crippen LogP) is 4.32. The van der Waals surface area contributed by atoms with Crippen molar-refractivity contribution in [3.8, 4) is 0 Å². The Bertz CT molecular complexity index is 626. The van der Waals surface area contributed by atoms with Crippen molar-refractivity contribution in [1.29, 1.82) is 0 Å². The van der Waals surface area contributed by atoms with Crippen molar-refractivity contribution in [1.82, 2.24) is 4.90 Å². The second kappa shape index (κ2) is 9.85. The van der Waals surface area contributed by atoms with Crippen molar-refractivity contribution in [2.75, 3.05) is 32.8 Å². The first kappa shape index (κ1) is 22.5. The molecule has 4 fully saturated rings. The number of allylic oxidation sites excluding steroid dienone is 3. The first-order valence-electron chi connectivity index (χ1n) is 12.5. The van der Waals surface area contributed by atoms with Gasteiger partial charge in [0.2, 0.25) is 0 Å². The van der Waals surface area contributed by atoms with Crippen LogP contribution >= 0.6 is 0 Å². The summed E-state index contributed by atoms with van der Waals surface area (Å²) < 4.78 is 5.50. The highest BCUT2D eigenvalue weighted by atomic mass is 16.5. The molecule has 4 rings (SSSR count). The number of morpholine rings is 1. The topological polar surface area (TPSA) is 52.9 Å². The summed E-state index contributed by atoms with van der Waals surface area (Å²) in [5.74, 6) is 2.33. The van der Waals surface area contributed by atoms with Crippen LogP contribution < -0.4 is 0 Å². The zero-order valence-corrected chi connectivity index (χ0v) is 19.2. The van der Waals surface area contributed by atoms with Crippen LogP contribution in [0.4, 0.5) is 0 Å². The van der Waals surface area contributed by atoms with Gasteiger partial charge in [0.25, 0.3) is 0 Å². The Kier molecular flexibility index (Phi) is 7.39. The molecular formula is C26H43NO3. The molecule has 1 heterocycles. The van der Waals surface area contributed by atoms with E-state index in [0.29, 0.717) is 11.8 Å². The van der Waals surface area contributed by atoms with Gasteiger partial charge >= 0.3 is 0 Å². The quantitative estimate of drug-likeness (QED) is 0.699. The third kappa shape index (κ3) is 5.03. The van der Waals surface area contributed by atoms with Crippen LogP contribution in [0.25, 0.3) is 0 Å². The van der Waals surface area contributed by atoms with Crippen LogP contribution in [-0.4, -0.2) is 60.2 Å². The second-order valence-corrected chi connectivity index (χ2v) is 10.8. The van der Waals surface area contributed by atoms with Gasteiger partial charge in [-0.15, -0.1) is 0 Å². The van der Waals surface area contributed by atoms with Crippen LogP contribution in [0.15, 0.2) is 23.3 Å². The lowest BCUT2D eigenvalue weighted by molar-refractivity contribution is 0.0299. The van der Waals surface area contributed by atoms with Crippen molar-refractivity contribution in [3.05, 3.63) is 23.3 Å². The summed E-state index contributed by atoms with van der Waals surface area (Å²) in [5.41, 5.74) is 3.29. The van der Waals surface area contributed by atoms with E-state index in [1.54, 1.807) is 5.57 Å². The number of fused-ring (bicyclic) bond motifs is 1. The number of hydrogen-bond donors (Lipinski definition) is 2. The fourth-order valence-corrected chi connectivity index (χ4v) is 7.16. The molecule has 4 nitrogen and oxygen atoms in total. The van der Waals surface area contributed by atoms with Gasteiger partial charge in [-0.3, -0.25) is 4.90 Å². The second-order valence-electron chi connectivity index (χ2n) is 10.8. The van der Waals surface area contributed by atoms with Gasteiger partial charge in [-0.1, -0.05) is 37.1 Å². The first-order chi connectivity index (χ1) is 14.5. The van der Waals surface area contributed by atoms with Crippen LogP contribution in [0.3, 0.4) is 0 Å². The Labute approximate surface area is 183 Å². The predicted molar refractivity (Wildman–Crippen MR) is 121 cm³/mol. The van der Waals surface area contributed by atoms with Crippen LogP contribution in [0.5, 0.6) is 0 Å². The van der Waals surface area contributed by atoms with E-state index < -0.39 is 0 Å². The molecule has 4 aliphatic rings. The summed E-state index contributed by atoms with van der Waals surface area (Å²) in [6.45, 7) is 10.3. The van der Waals surface area contributed by atoms with Crippen molar-refractivity contribution in [3.63, 3.8) is 0 Å². The molecule has 2 N–H and O–H groups in total. The Morgan fingerprint density at radius 3 is 2.60 bits per heavy atom. The fraction of sp³-hybridized carbons (Fsp3) is 0.846. The number of nitrogens with zero attached hydrogens (tertiary/aromatic N) is 1. The molecule has 0 aromatic heterocycles. The van der Waals surface area contributed by atoms with Crippen LogP contribution in [0.2, 0.25) is 0 Å². The van der Waals surface area contributed by atoms with Crippen molar-refractivity contribution < 1.29 is 14.9 Å². The van der Waals surface area contributed by atoms with E-state index in [9.17, 15) is 10.2 Å². The van der Waals surface area contributed by atoms with Crippen molar-refractivity contribution in [2.45, 2.75) is 83.8 Å². The lowest BCUT2D eigenvalue weighted by Crippen LogP contribution is -2.39. The van der Waals surface area contributed by atoms with E-state index in [-0.39, 0.29) is 12.2 Å². The Hall–Kier alpha value is -0.680. The molecule has 0 bridgehead atoms. The highest BCUT2D eigenvalue weighted by Crippen LogP contribution is 2.59. The molecule has 170 valence electrons. The van der Waals surface area contributed by atoms with Gasteiger partial charge in [-0.25, -0.2) is 0 Å². The molecule has 0 aromatic carbocycles. The van der Waals surface area contributed by atoms with E-state index in [1.807, 2.05) is 0 Å². The third-order valence-corrected chi connectivity index (χ3v) is 8.80. The van der Waals surface area contributed by atoms with Crippen LogP contribution in [0.1, 0.15) is 71.6 Å².